The van der Waals surface area contributed by atoms with E-state index in [4.69, 9.17) is 16.3 Å². The number of rotatable bonds is 6. The first-order valence-electron chi connectivity index (χ1n) is 8.17. The summed E-state index contributed by atoms with van der Waals surface area (Å²) in [5.74, 6) is 0.516. The Hall–Kier alpha value is -2.38. The third-order valence-electron chi connectivity index (χ3n) is 3.68. The molecular weight excluding hydrogens is 475 g/mol. The summed E-state index contributed by atoms with van der Waals surface area (Å²) >= 11 is 8.03. The van der Waals surface area contributed by atoms with Gasteiger partial charge in [-0.1, -0.05) is 41.9 Å². The van der Waals surface area contributed by atoms with E-state index in [2.05, 4.69) is 33.1 Å². The molecule has 0 saturated carbocycles. The predicted molar refractivity (Wildman–Crippen MR) is 116 cm³/mol. The molecule has 0 aliphatic rings. The molecule has 0 bridgehead atoms. The average Bonchev–Trinajstić information content (AvgIpc) is 2.68. The molecule has 0 atom stereocenters. The summed E-state index contributed by atoms with van der Waals surface area (Å²) < 4.78 is 6.82. The van der Waals surface area contributed by atoms with Gasteiger partial charge >= 0.3 is 0 Å². The van der Waals surface area contributed by atoms with E-state index in [-0.39, 0.29) is 5.91 Å². The fourth-order valence-electron chi connectivity index (χ4n) is 2.28. The number of hydrogen-bond donors (Lipinski definition) is 1. The first-order valence-corrected chi connectivity index (χ1v) is 9.63. The van der Waals surface area contributed by atoms with Crippen LogP contribution in [-0.2, 0) is 6.61 Å². The van der Waals surface area contributed by atoms with E-state index in [0.717, 1.165) is 20.4 Å². The molecule has 0 unspecified atom stereocenters. The second kappa shape index (κ2) is 9.53. The Morgan fingerprint density at radius 3 is 2.52 bits per heavy atom. The fourth-order valence-corrected chi connectivity index (χ4v) is 3.10. The van der Waals surface area contributed by atoms with Crippen molar-refractivity contribution in [3.8, 4) is 5.75 Å². The summed E-state index contributed by atoms with van der Waals surface area (Å²) in [4.78, 5) is 12.0. The number of hydrazone groups is 1. The third kappa shape index (κ3) is 5.80. The molecule has 1 amide bonds. The van der Waals surface area contributed by atoms with Crippen LogP contribution in [0.1, 0.15) is 21.5 Å². The summed E-state index contributed by atoms with van der Waals surface area (Å²) in [6.07, 6.45) is 1.59. The minimum Gasteiger partial charge on any atom is -0.488 e. The van der Waals surface area contributed by atoms with Gasteiger partial charge in [0.05, 0.1) is 9.78 Å². The van der Waals surface area contributed by atoms with Crippen molar-refractivity contribution in [3.05, 3.63) is 98.1 Å². The van der Waals surface area contributed by atoms with E-state index >= 15 is 0 Å². The van der Waals surface area contributed by atoms with Gasteiger partial charge in [0, 0.05) is 10.6 Å². The maximum absolute atomic E-state index is 12.0. The second-order valence-electron chi connectivity index (χ2n) is 5.67. The number of carbonyl (C=O) groups is 1. The molecule has 27 heavy (non-hydrogen) atoms. The molecule has 136 valence electrons. The molecule has 0 aliphatic carbocycles. The highest BCUT2D eigenvalue weighted by Gasteiger charge is 2.04. The van der Waals surface area contributed by atoms with Crippen LogP contribution in [0.15, 0.2) is 77.9 Å². The lowest BCUT2D eigenvalue weighted by Crippen LogP contribution is -2.17. The molecule has 3 aromatic rings. The van der Waals surface area contributed by atoms with Crippen molar-refractivity contribution in [2.24, 2.45) is 5.10 Å². The molecule has 0 fully saturated rings. The van der Waals surface area contributed by atoms with Crippen molar-refractivity contribution < 1.29 is 9.53 Å². The van der Waals surface area contributed by atoms with Crippen LogP contribution in [0.3, 0.4) is 0 Å². The first-order chi connectivity index (χ1) is 13.1. The Balaban J connectivity index is 1.57. The van der Waals surface area contributed by atoms with E-state index in [1.807, 2.05) is 48.5 Å². The lowest BCUT2D eigenvalue weighted by Gasteiger charge is -2.09. The lowest BCUT2D eigenvalue weighted by atomic mass is 10.2. The number of benzene rings is 3. The van der Waals surface area contributed by atoms with E-state index in [1.165, 1.54) is 0 Å². The van der Waals surface area contributed by atoms with E-state index in [0.29, 0.717) is 17.2 Å². The van der Waals surface area contributed by atoms with Gasteiger partial charge < -0.3 is 4.74 Å². The Bertz CT molecular complexity index is 944. The zero-order valence-electron chi connectivity index (χ0n) is 14.2. The van der Waals surface area contributed by atoms with Gasteiger partial charge in [-0.25, -0.2) is 5.43 Å². The molecule has 0 heterocycles. The maximum Gasteiger partial charge on any atom is 0.271 e. The largest absolute Gasteiger partial charge is 0.488 e. The molecule has 6 heteroatoms. The van der Waals surface area contributed by atoms with Crippen LogP contribution in [0.4, 0.5) is 0 Å². The summed E-state index contributed by atoms with van der Waals surface area (Å²) in [5, 5.41) is 4.59. The summed E-state index contributed by atoms with van der Waals surface area (Å²) in [6, 6.07) is 22.4. The second-order valence-corrected chi connectivity index (χ2v) is 7.27. The van der Waals surface area contributed by atoms with Crippen LogP contribution in [0.2, 0.25) is 5.02 Å². The highest BCUT2D eigenvalue weighted by molar-refractivity contribution is 14.1. The SMILES string of the molecule is O=C(N/N=C\c1ccc(OCc2ccccc2)c(I)c1)c1ccc(Cl)cc1. The molecule has 0 aliphatic heterocycles. The van der Waals surface area contributed by atoms with Gasteiger partial charge in [0.25, 0.3) is 5.91 Å². The maximum atomic E-state index is 12.0. The Morgan fingerprint density at radius 1 is 1.07 bits per heavy atom. The van der Waals surface area contributed by atoms with Gasteiger partial charge in [0.1, 0.15) is 12.4 Å². The highest BCUT2D eigenvalue weighted by Crippen LogP contribution is 2.22. The molecule has 0 radical (unpaired) electrons. The minimum atomic E-state index is -0.291. The van der Waals surface area contributed by atoms with Gasteiger partial charge in [0.2, 0.25) is 0 Å². The molecule has 4 nitrogen and oxygen atoms in total. The molecular formula is C21H16ClIN2O2. The van der Waals surface area contributed by atoms with Crippen LogP contribution in [0.25, 0.3) is 0 Å². The number of hydrogen-bond acceptors (Lipinski definition) is 3. The highest BCUT2D eigenvalue weighted by atomic mass is 127. The standard InChI is InChI=1S/C21H16ClIN2O2/c22-18-9-7-17(8-10-18)21(26)25-24-13-16-6-11-20(19(23)12-16)27-14-15-4-2-1-3-5-15/h1-13H,14H2,(H,25,26)/b24-13-. The monoisotopic (exact) mass is 490 g/mol. The van der Waals surface area contributed by atoms with Crippen molar-refractivity contribution in [1.82, 2.24) is 5.43 Å². The normalized spacial score (nSPS) is 10.7. The summed E-state index contributed by atoms with van der Waals surface area (Å²) in [7, 11) is 0. The summed E-state index contributed by atoms with van der Waals surface area (Å²) in [5.41, 5.74) is 4.98. The smallest absolute Gasteiger partial charge is 0.271 e. The van der Waals surface area contributed by atoms with Gasteiger partial charge in [0.15, 0.2) is 0 Å². The van der Waals surface area contributed by atoms with Gasteiger partial charge in [-0.2, -0.15) is 5.10 Å². The van der Waals surface area contributed by atoms with Crippen LogP contribution >= 0.6 is 34.2 Å². The van der Waals surface area contributed by atoms with E-state index in [9.17, 15) is 4.79 Å². The predicted octanol–water partition coefficient (Wildman–Crippen LogP) is 5.29. The Kier molecular flexibility index (Phi) is 6.84. The zero-order chi connectivity index (χ0) is 19.1. The van der Waals surface area contributed by atoms with Crippen molar-refractivity contribution in [2.45, 2.75) is 6.61 Å². The molecule has 3 aromatic carbocycles. The number of nitrogens with zero attached hydrogens (tertiary/aromatic N) is 1. The number of ether oxygens (including phenoxy) is 1. The van der Waals surface area contributed by atoms with Gasteiger partial charge in [-0.15, -0.1) is 0 Å². The van der Waals surface area contributed by atoms with Gasteiger partial charge in [-0.3, -0.25) is 4.79 Å². The van der Waals surface area contributed by atoms with Crippen molar-refractivity contribution >= 4 is 46.3 Å². The Labute approximate surface area is 176 Å². The molecule has 0 saturated heterocycles. The lowest BCUT2D eigenvalue weighted by molar-refractivity contribution is 0.0955. The molecule has 0 aromatic heterocycles. The third-order valence-corrected chi connectivity index (χ3v) is 4.77. The van der Waals surface area contributed by atoms with E-state index in [1.54, 1.807) is 30.5 Å². The summed E-state index contributed by atoms with van der Waals surface area (Å²) in [6.45, 7) is 0.515. The minimum absolute atomic E-state index is 0.291. The van der Waals surface area contributed by atoms with Crippen LogP contribution in [0.5, 0.6) is 5.75 Å². The fraction of sp³-hybridized carbons (Fsp3) is 0.0476. The van der Waals surface area contributed by atoms with Crippen LogP contribution in [-0.4, -0.2) is 12.1 Å². The Morgan fingerprint density at radius 2 is 1.81 bits per heavy atom. The zero-order valence-corrected chi connectivity index (χ0v) is 17.1. The van der Waals surface area contributed by atoms with Crippen LogP contribution < -0.4 is 10.2 Å². The van der Waals surface area contributed by atoms with E-state index < -0.39 is 0 Å². The molecule has 0 spiro atoms. The topological polar surface area (TPSA) is 50.7 Å². The van der Waals surface area contributed by atoms with Crippen molar-refractivity contribution in [2.75, 3.05) is 0 Å². The molecule has 3 rings (SSSR count). The number of halogens is 2. The first kappa shape index (κ1) is 19.4. The van der Waals surface area contributed by atoms with Crippen molar-refractivity contribution in [1.29, 1.82) is 0 Å². The van der Waals surface area contributed by atoms with Crippen molar-refractivity contribution in [3.63, 3.8) is 0 Å². The number of carbonyl (C=O) groups excluding carboxylic acids is 1. The average molecular weight is 491 g/mol. The molecule has 1 N–H and O–H groups in total. The number of amides is 1. The van der Waals surface area contributed by atoms with Gasteiger partial charge in [-0.05, 0) is 76.2 Å². The van der Waals surface area contributed by atoms with Crippen LogP contribution in [0, 0.1) is 3.57 Å². The quantitative estimate of drug-likeness (QED) is 0.290. The number of nitrogens with one attached hydrogen (secondary N) is 1.